The van der Waals surface area contributed by atoms with Crippen LogP contribution in [0.3, 0.4) is 0 Å². The minimum atomic E-state index is -1.13. The third-order valence-corrected chi connectivity index (χ3v) is 4.27. The zero-order valence-electron chi connectivity index (χ0n) is 14.4. The maximum Gasteiger partial charge on any atom is 0.253 e. The number of hydrogen-bond acceptors (Lipinski definition) is 3. The number of rotatable bonds is 5. The van der Waals surface area contributed by atoms with Gasteiger partial charge in [-0.25, -0.2) is 8.78 Å². The van der Waals surface area contributed by atoms with Crippen molar-refractivity contribution in [3.8, 4) is 11.5 Å². The molecule has 4 nitrogen and oxygen atoms in total. The van der Waals surface area contributed by atoms with Gasteiger partial charge in [0.15, 0.2) is 23.1 Å². The second kappa shape index (κ2) is 7.11. The summed E-state index contributed by atoms with van der Waals surface area (Å²) in [7, 11) is 0. The molecule has 0 radical (unpaired) electrons. The van der Waals surface area contributed by atoms with Crippen LogP contribution in [0.4, 0.5) is 8.78 Å². The largest absolute Gasteiger partial charge is 0.488 e. The van der Waals surface area contributed by atoms with Gasteiger partial charge in [0.2, 0.25) is 0 Å². The second-order valence-electron chi connectivity index (χ2n) is 6.63. The van der Waals surface area contributed by atoms with E-state index in [1.165, 1.54) is 0 Å². The molecule has 1 aliphatic rings. The van der Waals surface area contributed by atoms with Crippen molar-refractivity contribution in [2.75, 3.05) is 13.2 Å². The highest BCUT2D eigenvalue weighted by Crippen LogP contribution is 2.41. The maximum atomic E-state index is 13.3. The molecule has 0 saturated heterocycles. The molecule has 0 spiro atoms. The summed E-state index contributed by atoms with van der Waals surface area (Å²) in [6.07, 6.45) is 0.797. The van der Waals surface area contributed by atoms with Gasteiger partial charge < -0.3 is 14.8 Å². The number of benzene rings is 2. The van der Waals surface area contributed by atoms with Crippen molar-refractivity contribution in [2.45, 2.75) is 25.9 Å². The Hall–Kier alpha value is -2.34. The average Bonchev–Trinajstić information content (AvgIpc) is 2.89. The molecule has 0 saturated carbocycles. The van der Waals surface area contributed by atoms with E-state index in [-0.39, 0.29) is 29.3 Å². The van der Waals surface area contributed by atoms with Crippen LogP contribution in [-0.4, -0.2) is 24.7 Å². The van der Waals surface area contributed by atoms with Crippen LogP contribution in [0.5, 0.6) is 11.5 Å². The monoisotopic (exact) mass is 381 g/mol. The first-order chi connectivity index (χ1) is 12.3. The molecule has 26 heavy (non-hydrogen) atoms. The zero-order chi connectivity index (χ0) is 18.9. The molecule has 0 aromatic heterocycles. The molecule has 3 rings (SSSR count). The van der Waals surface area contributed by atoms with Crippen molar-refractivity contribution in [2.24, 2.45) is 0 Å². The lowest BCUT2D eigenvalue weighted by Gasteiger charge is -2.18. The standard InChI is InChI=1S/C19H18ClF2NO3/c1-19(2)10-11-4-3-5-16(17(11)26-19)25-7-6-23-18(24)12-8-14(21)15(22)9-13(12)20/h3-5,8-9H,6-7,10H2,1-2H3,(H,23,24). The number of carbonyl (C=O) groups excluding carboxylic acids is 1. The van der Waals surface area contributed by atoms with E-state index in [4.69, 9.17) is 21.1 Å². The SMILES string of the molecule is CC1(C)Cc2cccc(OCCNC(=O)c3cc(F)c(F)cc3Cl)c2O1. The van der Waals surface area contributed by atoms with Gasteiger partial charge in [-0.15, -0.1) is 0 Å². The summed E-state index contributed by atoms with van der Waals surface area (Å²) in [4.78, 5) is 12.0. The van der Waals surface area contributed by atoms with E-state index < -0.39 is 17.5 Å². The summed E-state index contributed by atoms with van der Waals surface area (Å²) in [5, 5.41) is 2.41. The number of hydrogen-bond donors (Lipinski definition) is 1. The number of fused-ring (bicyclic) bond motifs is 1. The molecule has 2 aromatic rings. The lowest BCUT2D eigenvalue weighted by atomic mass is 10.0. The van der Waals surface area contributed by atoms with Crippen LogP contribution in [0.15, 0.2) is 30.3 Å². The Bertz CT molecular complexity index is 855. The number of ether oxygens (including phenoxy) is 2. The molecule has 0 bridgehead atoms. The van der Waals surface area contributed by atoms with E-state index in [2.05, 4.69) is 5.32 Å². The molecule has 1 aliphatic heterocycles. The van der Waals surface area contributed by atoms with Gasteiger partial charge >= 0.3 is 0 Å². The predicted molar refractivity (Wildman–Crippen MR) is 94.0 cm³/mol. The van der Waals surface area contributed by atoms with Crippen LogP contribution in [0.25, 0.3) is 0 Å². The Morgan fingerprint density at radius 1 is 1.31 bits per heavy atom. The first-order valence-electron chi connectivity index (χ1n) is 8.13. The molecule has 1 N–H and O–H groups in total. The van der Waals surface area contributed by atoms with Gasteiger partial charge in [0.1, 0.15) is 12.2 Å². The second-order valence-corrected chi connectivity index (χ2v) is 7.04. The molecular weight excluding hydrogens is 364 g/mol. The lowest BCUT2D eigenvalue weighted by molar-refractivity contribution is 0.0946. The predicted octanol–water partition coefficient (Wildman–Crippen LogP) is 4.14. The number of amides is 1. The molecule has 1 amide bonds. The Balaban J connectivity index is 1.57. The Morgan fingerprint density at radius 3 is 2.81 bits per heavy atom. The summed E-state index contributed by atoms with van der Waals surface area (Å²) < 4.78 is 37.9. The molecule has 0 fully saturated rings. The number of carbonyl (C=O) groups is 1. The molecule has 7 heteroatoms. The summed E-state index contributed by atoms with van der Waals surface area (Å²) in [6.45, 7) is 4.36. The van der Waals surface area contributed by atoms with Gasteiger partial charge in [-0.2, -0.15) is 0 Å². The summed E-state index contributed by atoms with van der Waals surface area (Å²) in [6, 6.07) is 7.22. The highest BCUT2D eigenvalue weighted by Gasteiger charge is 2.32. The van der Waals surface area contributed by atoms with E-state index in [0.717, 1.165) is 24.1 Å². The van der Waals surface area contributed by atoms with Crippen LogP contribution < -0.4 is 14.8 Å². The van der Waals surface area contributed by atoms with Crippen LogP contribution in [0, 0.1) is 11.6 Å². The normalized spacial score (nSPS) is 14.5. The molecule has 2 aromatic carbocycles. The van der Waals surface area contributed by atoms with E-state index in [1.807, 2.05) is 26.0 Å². The van der Waals surface area contributed by atoms with Crippen molar-refractivity contribution >= 4 is 17.5 Å². The van der Waals surface area contributed by atoms with Crippen LogP contribution in [0.1, 0.15) is 29.8 Å². The third kappa shape index (κ3) is 3.90. The van der Waals surface area contributed by atoms with Crippen molar-refractivity contribution in [3.05, 3.63) is 58.1 Å². The first kappa shape index (κ1) is 18.5. The van der Waals surface area contributed by atoms with Gasteiger partial charge in [0, 0.05) is 12.0 Å². The maximum absolute atomic E-state index is 13.3. The van der Waals surface area contributed by atoms with Crippen molar-refractivity contribution in [3.63, 3.8) is 0 Å². The van der Waals surface area contributed by atoms with Crippen LogP contribution >= 0.6 is 11.6 Å². The van der Waals surface area contributed by atoms with Crippen LogP contribution in [-0.2, 0) is 6.42 Å². The van der Waals surface area contributed by atoms with E-state index in [9.17, 15) is 13.6 Å². The number of halogens is 3. The molecule has 0 unspecified atom stereocenters. The average molecular weight is 382 g/mol. The van der Waals surface area contributed by atoms with Crippen LogP contribution in [0.2, 0.25) is 5.02 Å². The molecule has 1 heterocycles. The van der Waals surface area contributed by atoms with E-state index in [0.29, 0.717) is 11.5 Å². The molecule has 138 valence electrons. The minimum absolute atomic E-state index is 0.128. The Morgan fingerprint density at radius 2 is 2.04 bits per heavy atom. The first-order valence-corrected chi connectivity index (χ1v) is 8.51. The highest BCUT2D eigenvalue weighted by atomic mass is 35.5. The van der Waals surface area contributed by atoms with Crippen molar-refractivity contribution < 1.29 is 23.0 Å². The van der Waals surface area contributed by atoms with Gasteiger partial charge in [-0.1, -0.05) is 23.7 Å². The quantitative estimate of drug-likeness (QED) is 0.625. The van der Waals surface area contributed by atoms with E-state index >= 15 is 0 Å². The van der Waals surface area contributed by atoms with Crippen molar-refractivity contribution in [1.82, 2.24) is 5.32 Å². The van der Waals surface area contributed by atoms with Crippen molar-refractivity contribution in [1.29, 1.82) is 0 Å². The molecule has 0 atom stereocenters. The molecular formula is C19H18ClF2NO3. The van der Waals surface area contributed by atoms with E-state index in [1.54, 1.807) is 6.07 Å². The fourth-order valence-corrected chi connectivity index (χ4v) is 3.05. The Kier molecular flexibility index (Phi) is 5.05. The van der Waals surface area contributed by atoms with Gasteiger partial charge in [-0.05, 0) is 32.0 Å². The fraction of sp³-hybridized carbons (Fsp3) is 0.316. The fourth-order valence-electron chi connectivity index (χ4n) is 2.82. The third-order valence-electron chi connectivity index (χ3n) is 3.95. The van der Waals surface area contributed by atoms with Gasteiger partial charge in [0.05, 0.1) is 17.1 Å². The smallest absolute Gasteiger partial charge is 0.253 e. The summed E-state index contributed by atoms with van der Waals surface area (Å²) in [5.74, 6) is -1.51. The summed E-state index contributed by atoms with van der Waals surface area (Å²) in [5.41, 5.74) is 0.667. The van der Waals surface area contributed by atoms with Gasteiger partial charge in [-0.3, -0.25) is 4.79 Å². The molecule has 0 aliphatic carbocycles. The summed E-state index contributed by atoms with van der Waals surface area (Å²) >= 11 is 5.78. The zero-order valence-corrected chi connectivity index (χ0v) is 15.1. The lowest BCUT2D eigenvalue weighted by Crippen LogP contribution is -2.28. The Labute approximate surface area is 155 Å². The highest BCUT2D eigenvalue weighted by molar-refractivity contribution is 6.33. The topological polar surface area (TPSA) is 47.6 Å². The number of para-hydroxylation sites is 1. The number of nitrogens with one attached hydrogen (secondary N) is 1. The minimum Gasteiger partial charge on any atom is -0.488 e. The van der Waals surface area contributed by atoms with Gasteiger partial charge in [0.25, 0.3) is 5.91 Å².